The molecule has 0 saturated carbocycles. The molecular weight excluding hydrogens is 162 g/mol. The minimum atomic E-state index is -0.0843. The van der Waals surface area contributed by atoms with E-state index < -0.39 is 0 Å². The molecule has 76 valence electrons. The Morgan fingerprint density at radius 2 is 2.15 bits per heavy atom. The van der Waals surface area contributed by atoms with Gasteiger partial charge in [-0.15, -0.1) is 0 Å². The molecule has 0 fully saturated rings. The predicted octanol–water partition coefficient (Wildman–Crippen LogP) is 2.96. The monoisotopic (exact) mass is 183 g/mol. The molecule has 2 heteroatoms. The zero-order chi connectivity index (χ0) is 9.90. The molecule has 0 spiro atoms. The fourth-order valence-corrected chi connectivity index (χ4v) is 1.67. The van der Waals surface area contributed by atoms with Gasteiger partial charge in [-0.25, -0.2) is 0 Å². The van der Waals surface area contributed by atoms with Crippen molar-refractivity contribution in [1.29, 1.82) is 0 Å². The van der Waals surface area contributed by atoms with Gasteiger partial charge in [0.2, 0.25) is 0 Å². The van der Waals surface area contributed by atoms with E-state index in [0.717, 1.165) is 18.9 Å². The highest BCUT2D eigenvalue weighted by molar-refractivity contribution is 4.93. The third-order valence-corrected chi connectivity index (χ3v) is 2.70. The molecule has 0 radical (unpaired) electrons. The lowest BCUT2D eigenvalue weighted by Gasteiger charge is -2.34. The predicted molar refractivity (Wildman–Crippen MR) is 55.1 cm³/mol. The van der Waals surface area contributed by atoms with Crippen LogP contribution in [0.1, 0.15) is 40.5 Å². The van der Waals surface area contributed by atoms with Crippen LogP contribution in [0.25, 0.3) is 0 Å². The van der Waals surface area contributed by atoms with Crippen LogP contribution in [0.3, 0.4) is 0 Å². The standard InChI is InChI=1S/C11H21NO/c1-5-12-8-9-13-11(12,4)7-6-10(2)3/h8-10H,5-7H2,1-4H3. The van der Waals surface area contributed by atoms with E-state index in [1.54, 1.807) is 0 Å². The van der Waals surface area contributed by atoms with Gasteiger partial charge in [-0.05, 0) is 26.2 Å². The lowest BCUT2D eigenvalue weighted by atomic mass is 10.0. The molecule has 1 heterocycles. The van der Waals surface area contributed by atoms with Gasteiger partial charge in [0.15, 0.2) is 5.72 Å². The second-order valence-corrected chi connectivity index (χ2v) is 4.30. The van der Waals surface area contributed by atoms with Crippen LogP contribution in [-0.4, -0.2) is 17.2 Å². The fraction of sp³-hybridized carbons (Fsp3) is 0.818. The van der Waals surface area contributed by atoms with Crippen molar-refractivity contribution < 1.29 is 4.74 Å². The Morgan fingerprint density at radius 1 is 1.46 bits per heavy atom. The zero-order valence-corrected chi connectivity index (χ0v) is 9.21. The summed E-state index contributed by atoms with van der Waals surface area (Å²) < 4.78 is 5.64. The van der Waals surface area contributed by atoms with Gasteiger partial charge >= 0.3 is 0 Å². The van der Waals surface area contributed by atoms with Gasteiger partial charge < -0.3 is 9.64 Å². The third kappa shape index (κ3) is 2.39. The second-order valence-electron chi connectivity index (χ2n) is 4.30. The van der Waals surface area contributed by atoms with Gasteiger partial charge in [0.25, 0.3) is 0 Å². The number of rotatable bonds is 4. The van der Waals surface area contributed by atoms with E-state index in [0.29, 0.717) is 0 Å². The molecule has 0 saturated heterocycles. The summed E-state index contributed by atoms with van der Waals surface area (Å²) in [7, 11) is 0. The van der Waals surface area contributed by atoms with Crippen molar-refractivity contribution in [3.05, 3.63) is 12.5 Å². The van der Waals surface area contributed by atoms with Crippen molar-refractivity contribution in [2.75, 3.05) is 6.54 Å². The first-order valence-electron chi connectivity index (χ1n) is 5.19. The lowest BCUT2D eigenvalue weighted by Crippen LogP contribution is -2.41. The molecule has 13 heavy (non-hydrogen) atoms. The number of nitrogens with zero attached hydrogens (tertiary/aromatic N) is 1. The van der Waals surface area contributed by atoms with Gasteiger partial charge in [-0.2, -0.15) is 0 Å². The third-order valence-electron chi connectivity index (χ3n) is 2.70. The first-order valence-corrected chi connectivity index (χ1v) is 5.19. The Morgan fingerprint density at radius 3 is 2.69 bits per heavy atom. The van der Waals surface area contributed by atoms with E-state index in [9.17, 15) is 0 Å². The minimum absolute atomic E-state index is 0.0843. The van der Waals surface area contributed by atoms with Gasteiger partial charge in [0, 0.05) is 19.2 Å². The van der Waals surface area contributed by atoms with Crippen molar-refractivity contribution in [1.82, 2.24) is 4.90 Å². The molecule has 0 bridgehead atoms. The summed E-state index contributed by atoms with van der Waals surface area (Å²) in [6.07, 6.45) is 6.17. The summed E-state index contributed by atoms with van der Waals surface area (Å²) >= 11 is 0. The van der Waals surface area contributed by atoms with Crippen molar-refractivity contribution in [2.45, 2.75) is 46.3 Å². The molecule has 0 amide bonds. The Labute approximate surface area is 81.6 Å². The van der Waals surface area contributed by atoms with Gasteiger partial charge in [-0.1, -0.05) is 13.8 Å². The van der Waals surface area contributed by atoms with Crippen LogP contribution in [-0.2, 0) is 4.74 Å². The molecule has 1 rings (SSSR count). The van der Waals surface area contributed by atoms with Crippen LogP contribution in [0, 0.1) is 5.92 Å². The molecule has 1 aliphatic rings. The minimum Gasteiger partial charge on any atom is -0.474 e. The van der Waals surface area contributed by atoms with Crippen molar-refractivity contribution in [3.8, 4) is 0 Å². The van der Waals surface area contributed by atoms with E-state index in [1.165, 1.54) is 6.42 Å². The maximum Gasteiger partial charge on any atom is 0.179 e. The molecule has 0 N–H and O–H groups in total. The molecule has 0 aromatic rings. The summed E-state index contributed by atoms with van der Waals surface area (Å²) in [6.45, 7) is 9.85. The number of hydrogen-bond donors (Lipinski definition) is 0. The zero-order valence-electron chi connectivity index (χ0n) is 9.21. The highest BCUT2D eigenvalue weighted by Gasteiger charge is 2.33. The van der Waals surface area contributed by atoms with E-state index in [-0.39, 0.29) is 5.72 Å². The maximum absolute atomic E-state index is 5.64. The number of ether oxygens (including phenoxy) is 1. The van der Waals surface area contributed by atoms with Gasteiger partial charge in [0.05, 0.1) is 0 Å². The van der Waals surface area contributed by atoms with Crippen LogP contribution in [0.5, 0.6) is 0 Å². The summed E-state index contributed by atoms with van der Waals surface area (Å²) in [6, 6.07) is 0. The van der Waals surface area contributed by atoms with Crippen LogP contribution in [0.4, 0.5) is 0 Å². The van der Waals surface area contributed by atoms with E-state index >= 15 is 0 Å². The van der Waals surface area contributed by atoms with E-state index in [1.807, 2.05) is 12.5 Å². The van der Waals surface area contributed by atoms with Crippen LogP contribution in [0.15, 0.2) is 12.5 Å². The summed E-state index contributed by atoms with van der Waals surface area (Å²) in [4.78, 5) is 2.26. The Kier molecular flexibility index (Phi) is 3.23. The maximum atomic E-state index is 5.64. The van der Waals surface area contributed by atoms with Crippen molar-refractivity contribution in [3.63, 3.8) is 0 Å². The summed E-state index contributed by atoms with van der Waals surface area (Å²) in [5.41, 5.74) is -0.0843. The van der Waals surface area contributed by atoms with Crippen molar-refractivity contribution >= 4 is 0 Å². The summed E-state index contributed by atoms with van der Waals surface area (Å²) in [5.74, 6) is 0.750. The van der Waals surface area contributed by atoms with E-state index in [4.69, 9.17) is 4.74 Å². The molecule has 0 aromatic carbocycles. The van der Waals surface area contributed by atoms with Crippen LogP contribution < -0.4 is 0 Å². The van der Waals surface area contributed by atoms with Gasteiger partial charge in [-0.3, -0.25) is 0 Å². The Balaban J connectivity index is 2.46. The van der Waals surface area contributed by atoms with E-state index in [2.05, 4.69) is 32.6 Å². The molecule has 1 aliphatic heterocycles. The smallest absolute Gasteiger partial charge is 0.179 e. The average Bonchev–Trinajstić information content (AvgIpc) is 2.44. The van der Waals surface area contributed by atoms with Crippen molar-refractivity contribution in [2.24, 2.45) is 5.92 Å². The summed E-state index contributed by atoms with van der Waals surface area (Å²) in [5, 5.41) is 0. The second kappa shape index (κ2) is 4.03. The SMILES string of the molecule is CCN1C=COC1(C)CCC(C)C. The molecule has 1 atom stereocenters. The molecule has 0 aromatic heterocycles. The van der Waals surface area contributed by atoms with Gasteiger partial charge in [0.1, 0.15) is 6.26 Å². The highest BCUT2D eigenvalue weighted by Crippen LogP contribution is 2.29. The average molecular weight is 183 g/mol. The van der Waals surface area contributed by atoms with Crippen LogP contribution >= 0.6 is 0 Å². The molecule has 1 unspecified atom stereocenters. The topological polar surface area (TPSA) is 12.5 Å². The molecule has 0 aliphatic carbocycles. The van der Waals surface area contributed by atoms with Crippen LogP contribution in [0.2, 0.25) is 0 Å². The molecular formula is C11H21NO. The largest absolute Gasteiger partial charge is 0.474 e. The highest BCUT2D eigenvalue weighted by atomic mass is 16.5. The lowest BCUT2D eigenvalue weighted by molar-refractivity contribution is -0.0549. The Hall–Kier alpha value is -0.660. The normalized spacial score (nSPS) is 27.0. The molecule has 2 nitrogen and oxygen atoms in total. The first kappa shape index (κ1) is 10.4. The Bertz CT molecular complexity index is 189. The quantitative estimate of drug-likeness (QED) is 0.664. The fourth-order valence-electron chi connectivity index (χ4n) is 1.67. The number of hydrogen-bond acceptors (Lipinski definition) is 2. The first-order chi connectivity index (χ1) is 6.08.